The summed E-state index contributed by atoms with van der Waals surface area (Å²) in [6.07, 6.45) is 7.10. The van der Waals surface area contributed by atoms with E-state index in [-0.39, 0.29) is 0 Å². The van der Waals surface area contributed by atoms with Gasteiger partial charge in [-0.15, -0.1) is 0 Å². The van der Waals surface area contributed by atoms with E-state index in [9.17, 15) is 0 Å². The Kier molecular flexibility index (Phi) is 4.24. The molecular formula is C12H25N. The van der Waals surface area contributed by atoms with Crippen LogP contribution in [-0.2, 0) is 0 Å². The van der Waals surface area contributed by atoms with Gasteiger partial charge in [0.15, 0.2) is 0 Å². The molecule has 4 unspecified atom stereocenters. The van der Waals surface area contributed by atoms with E-state index in [0.29, 0.717) is 12.0 Å². The Morgan fingerprint density at radius 3 is 2.54 bits per heavy atom. The summed E-state index contributed by atoms with van der Waals surface area (Å²) in [7, 11) is 0. The normalized spacial score (nSPS) is 34.2. The predicted molar refractivity (Wildman–Crippen MR) is 58.6 cm³/mol. The Balaban J connectivity index is 2.41. The smallest absolute Gasteiger partial charge is 0.00387 e. The first-order valence-corrected chi connectivity index (χ1v) is 5.90. The van der Waals surface area contributed by atoms with Crippen molar-refractivity contribution in [1.29, 1.82) is 0 Å². The maximum Gasteiger partial charge on any atom is 0.00387 e. The molecule has 1 aliphatic carbocycles. The van der Waals surface area contributed by atoms with Crippen LogP contribution in [0, 0.1) is 17.8 Å². The molecule has 0 heterocycles. The average molecular weight is 183 g/mol. The summed E-state index contributed by atoms with van der Waals surface area (Å²) >= 11 is 0. The van der Waals surface area contributed by atoms with E-state index in [1.807, 2.05) is 0 Å². The lowest BCUT2D eigenvalue weighted by Crippen LogP contribution is -2.33. The van der Waals surface area contributed by atoms with Crippen molar-refractivity contribution in [2.24, 2.45) is 23.5 Å². The predicted octanol–water partition coefficient (Wildman–Crippen LogP) is 3.19. The topological polar surface area (TPSA) is 26.0 Å². The van der Waals surface area contributed by atoms with Crippen molar-refractivity contribution in [3.63, 3.8) is 0 Å². The Labute approximate surface area is 83.1 Å². The molecule has 4 atom stereocenters. The highest BCUT2D eigenvalue weighted by atomic mass is 14.6. The molecule has 0 spiro atoms. The van der Waals surface area contributed by atoms with Crippen LogP contribution in [0.25, 0.3) is 0 Å². The van der Waals surface area contributed by atoms with Crippen LogP contribution in [0.4, 0.5) is 0 Å². The summed E-state index contributed by atoms with van der Waals surface area (Å²) in [4.78, 5) is 0. The molecule has 0 saturated heterocycles. The fourth-order valence-electron chi connectivity index (χ4n) is 2.61. The van der Waals surface area contributed by atoms with Gasteiger partial charge in [-0.1, -0.05) is 39.5 Å². The molecule has 1 fully saturated rings. The van der Waals surface area contributed by atoms with Crippen LogP contribution in [0.15, 0.2) is 0 Å². The third-order valence-corrected chi connectivity index (χ3v) is 3.97. The van der Waals surface area contributed by atoms with Gasteiger partial charge in [-0.05, 0) is 31.1 Å². The zero-order chi connectivity index (χ0) is 9.84. The standard InChI is InChI=1S/C12H25N/c1-4-11-6-5-7-12(8-11)9(2)10(3)13/h9-12H,4-8,13H2,1-3H3. The highest BCUT2D eigenvalue weighted by Gasteiger charge is 2.26. The second kappa shape index (κ2) is 4.99. The first-order chi connectivity index (χ1) is 6.15. The van der Waals surface area contributed by atoms with Gasteiger partial charge in [0.2, 0.25) is 0 Å². The molecule has 1 nitrogen and oxygen atoms in total. The van der Waals surface area contributed by atoms with Crippen LogP contribution in [0.3, 0.4) is 0 Å². The molecule has 2 N–H and O–H groups in total. The largest absolute Gasteiger partial charge is 0.328 e. The Morgan fingerprint density at radius 2 is 2.00 bits per heavy atom. The molecule has 0 amide bonds. The SMILES string of the molecule is CCC1CCCC(C(C)C(C)N)C1. The maximum absolute atomic E-state index is 5.95. The average Bonchev–Trinajstić information content (AvgIpc) is 2.16. The second-order valence-electron chi connectivity index (χ2n) is 4.92. The lowest BCUT2D eigenvalue weighted by atomic mass is 9.73. The molecule has 78 valence electrons. The molecule has 0 aliphatic heterocycles. The van der Waals surface area contributed by atoms with E-state index in [2.05, 4.69) is 20.8 Å². The van der Waals surface area contributed by atoms with Gasteiger partial charge in [0.05, 0.1) is 0 Å². The van der Waals surface area contributed by atoms with Crippen molar-refractivity contribution >= 4 is 0 Å². The fourth-order valence-corrected chi connectivity index (χ4v) is 2.61. The minimum atomic E-state index is 0.376. The molecule has 1 saturated carbocycles. The summed E-state index contributed by atoms with van der Waals surface area (Å²) in [5.41, 5.74) is 5.95. The second-order valence-corrected chi connectivity index (χ2v) is 4.92. The van der Waals surface area contributed by atoms with Crippen LogP contribution in [0.5, 0.6) is 0 Å². The van der Waals surface area contributed by atoms with E-state index >= 15 is 0 Å². The molecule has 0 radical (unpaired) electrons. The number of hydrogen-bond donors (Lipinski definition) is 1. The highest BCUT2D eigenvalue weighted by Crippen LogP contribution is 2.35. The summed E-state index contributed by atoms with van der Waals surface area (Å²) in [6.45, 7) is 6.80. The van der Waals surface area contributed by atoms with Gasteiger partial charge in [0, 0.05) is 6.04 Å². The quantitative estimate of drug-likeness (QED) is 0.714. The van der Waals surface area contributed by atoms with Crippen LogP contribution < -0.4 is 5.73 Å². The van der Waals surface area contributed by atoms with Crippen molar-refractivity contribution in [2.75, 3.05) is 0 Å². The first kappa shape index (κ1) is 11.0. The highest BCUT2D eigenvalue weighted by molar-refractivity contribution is 4.79. The van der Waals surface area contributed by atoms with Crippen LogP contribution in [0.1, 0.15) is 52.9 Å². The zero-order valence-electron chi connectivity index (χ0n) is 9.42. The van der Waals surface area contributed by atoms with Gasteiger partial charge >= 0.3 is 0 Å². The minimum absolute atomic E-state index is 0.376. The third-order valence-electron chi connectivity index (χ3n) is 3.97. The fraction of sp³-hybridized carbons (Fsp3) is 1.00. The van der Waals surface area contributed by atoms with Crippen molar-refractivity contribution in [3.05, 3.63) is 0 Å². The van der Waals surface area contributed by atoms with Crippen LogP contribution in [0.2, 0.25) is 0 Å². The van der Waals surface area contributed by atoms with Crippen LogP contribution in [-0.4, -0.2) is 6.04 Å². The summed E-state index contributed by atoms with van der Waals surface area (Å²) in [5.74, 6) is 2.60. The summed E-state index contributed by atoms with van der Waals surface area (Å²) in [6, 6.07) is 0.376. The Bertz CT molecular complexity index is 142. The van der Waals surface area contributed by atoms with Gasteiger partial charge in [0.1, 0.15) is 0 Å². The van der Waals surface area contributed by atoms with Crippen molar-refractivity contribution in [3.8, 4) is 0 Å². The Hall–Kier alpha value is -0.0400. The van der Waals surface area contributed by atoms with E-state index in [4.69, 9.17) is 5.73 Å². The molecule has 0 aromatic rings. The lowest BCUT2D eigenvalue weighted by molar-refractivity contribution is 0.186. The molecule has 0 aromatic carbocycles. The van der Waals surface area contributed by atoms with Crippen molar-refractivity contribution < 1.29 is 0 Å². The van der Waals surface area contributed by atoms with Crippen LogP contribution >= 0.6 is 0 Å². The molecule has 1 rings (SSSR count). The monoisotopic (exact) mass is 183 g/mol. The van der Waals surface area contributed by atoms with E-state index in [0.717, 1.165) is 11.8 Å². The van der Waals surface area contributed by atoms with E-state index in [1.54, 1.807) is 0 Å². The molecule has 0 bridgehead atoms. The molecule has 1 heteroatoms. The molecule has 13 heavy (non-hydrogen) atoms. The number of nitrogens with two attached hydrogens (primary N) is 1. The zero-order valence-corrected chi connectivity index (χ0v) is 9.42. The molecular weight excluding hydrogens is 158 g/mol. The van der Waals surface area contributed by atoms with Crippen molar-refractivity contribution in [2.45, 2.75) is 58.9 Å². The minimum Gasteiger partial charge on any atom is -0.328 e. The molecule has 1 aliphatic rings. The number of rotatable bonds is 3. The van der Waals surface area contributed by atoms with Gasteiger partial charge in [0.25, 0.3) is 0 Å². The van der Waals surface area contributed by atoms with E-state index in [1.165, 1.54) is 32.1 Å². The lowest BCUT2D eigenvalue weighted by Gasteiger charge is -2.34. The first-order valence-electron chi connectivity index (χ1n) is 5.90. The van der Waals surface area contributed by atoms with Crippen molar-refractivity contribution in [1.82, 2.24) is 0 Å². The summed E-state index contributed by atoms with van der Waals surface area (Å²) < 4.78 is 0. The maximum atomic E-state index is 5.95. The number of hydrogen-bond acceptors (Lipinski definition) is 1. The van der Waals surface area contributed by atoms with Gasteiger partial charge in [-0.2, -0.15) is 0 Å². The summed E-state index contributed by atoms with van der Waals surface area (Å²) in [5, 5.41) is 0. The van der Waals surface area contributed by atoms with Gasteiger partial charge in [-0.3, -0.25) is 0 Å². The third kappa shape index (κ3) is 2.98. The van der Waals surface area contributed by atoms with Gasteiger partial charge < -0.3 is 5.73 Å². The molecule has 0 aromatic heterocycles. The van der Waals surface area contributed by atoms with Gasteiger partial charge in [-0.25, -0.2) is 0 Å². The van der Waals surface area contributed by atoms with E-state index < -0.39 is 0 Å². The Morgan fingerprint density at radius 1 is 1.31 bits per heavy atom.